The second-order valence-corrected chi connectivity index (χ2v) is 12.1. The SMILES string of the molecule is CN(C)C1C(O)=C(C(N)=O)C(=O)[C@]2(O)C(O)=C3C(=O)c4c(O)ccc(-c5ccc(CN6CCCC6)cc5)c4C[C@@H]3C[C@H]12. The number of aromatic hydroxyl groups is 1. The minimum absolute atomic E-state index is 0.00873. The highest BCUT2D eigenvalue weighted by atomic mass is 16.3. The molecule has 42 heavy (non-hydrogen) atoms. The lowest BCUT2D eigenvalue weighted by molar-refractivity contribution is -0.148. The van der Waals surface area contributed by atoms with Gasteiger partial charge in [-0.3, -0.25) is 24.2 Å². The van der Waals surface area contributed by atoms with Crippen molar-refractivity contribution in [1.29, 1.82) is 0 Å². The molecule has 10 heteroatoms. The number of aliphatic hydroxyl groups is 3. The molecule has 1 saturated heterocycles. The average molecular weight is 574 g/mol. The van der Waals surface area contributed by atoms with Crippen LogP contribution in [0.2, 0.25) is 0 Å². The summed E-state index contributed by atoms with van der Waals surface area (Å²) in [4.78, 5) is 43.5. The number of carbonyl (C=O) groups is 3. The topological polar surface area (TPSA) is 165 Å². The average Bonchev–Trinajstić information content (AvgIpc) is 3.44. The van der Waals surface area contributed by atoms with Gasteiger partial charge in [-0.25, -0.2) is 0 Å². The van der Waals surface area contributed by atoms with Crippen LogP contribution in [0.4, 0.5) is 0 Å². The summed E-state index contributed by atoms with van der Waals surface area (Å²) < 4.78 is 0. The molecule has 0 aromatic heterocycles. The van der Waals surface area contributed by atoms with Gasteiger partial charge in [0.1, 0.15) is 22.8 Å². The van der Waals surface area contributed by atoms with Gasteiger partial charge in [0.15, 0.2) is 11.4 Å². The summed E-state index contributed by atoms with van der Waals surface area (Å²) in [6, 6.07) is 10.3. The Morgan fingerprint density at radius 1 is 1.05 bits per heavy atom. The highest BCUT2D eigenvalue weighted by molar-refractivity contribution is 6.24. The predicted octanol–water partition coefficient (Wildman–Crippen LogP) is 2.38. The number of Topliss-reactive ketones (excluding diaryl/α,β-unsaturated/α-hetero) is 2. The van der Waals surface area contributed by atoms with Crippen LogP contribution in [0.15, 0.2) is 59.1 Å². The molecule has 220 valence electrons. The van der Waals surface area contributed by atoms with Crippen molar-refractivity contribution in [3.63, 3.8) is 0 Å². The van der Waals surface area contributed by atoms with Gasteiger partial charge in [0.25, 0.3) is 5.91 Å². The smallest absolute Gasteiger partial charge is 0.255 e. The molecule has 1 heterocycles. The lowest BCUT2D eigenvalue weighted by atomic mass is 9.58. The first-order chi connectivity index (χ1) is 19.9. The predicted molar refractivity (Wildman–Crippen MR) is 154 cm³/mol. The summed E-state index contributed by atoms with van der Waals surface area (Å²) in [5.41, 5.74) is 5.21. The Labute approximate surface area is 243 Å². The Morgan fingerprint density at radius 3 is 2.33 bits per heavy atom. The number of nitrogens with zero attached hydrogens (tertiary/aromatic N) is 2. The van der Waals surface area contributed by atoms with Crippen LogP contribution in [0.5, 0.6) is 5.75 Å². The molecule has 6 N–H and O–H groups in total. The van der Waals surface area contributed by atoms with Gasteiger partial charge in [0.05, 0.1) is 11.6 Å². The van der Waals surface area contributed by atoms with E-state index in [0.29, 0.717) is 5.56 Å². The van der Waals surface area contributed by atoms with Crippen LogP contribution in [0, 0.1) is 11.8 Å². The van der Waals surface area contributed by atoms with E-state index in [0.717, 1.165) is 30.8 Å². The first kappa shape index (κ1) is 28.1. The van der Waals surface area contributed by atoms with E-state index in [4.69, 9.17) is 5.73 Å². The van der Waals surface area contributed by atoms with Crippen molar-refractivity contribution < 1.29 is 34.8 Å². The number of allylic oxidation sites excluding steroid dienone is 1. The number of nitrogens with two attached hydrogens (primary N) is 1. The van der Waals surface area contributed by atoms with E-state index in [1.54, 1.807) is 20.2 Å². The van der Waals surface area contributed by atoms with E-state index in [2.05, 4.69) is 17.0 Å². The van der Waals surface area contributed by atoms with Crippen molar-refractivity contribution >= 4 is 17.5 Å². The Hall–Kier alpha value is -3.99. The Balaban J connectivity index is 1.43. The van der Waals surface area contributed by atoms with Crippen molar-refractivity contribution in [3.05, 3.63) is 75.8 Å². The number of phenols is 1. The van der Waals surface area contributed by atoms with E-state index in [-0.39, 0.29) is 29.7 Å². The molecular formula is C32H35N3O7. The third-order valence-electron chi connectivity index (χ3n) is 9.48. The molecular weight excluding hydrogens is 538 g/mol. The fraction of sp³-hybridized carbons (Fsp3) is 0.406. The van der Waals surface area contributed by atoms with Gasteiger partial charge in [-0.05, 0) is 87.1 Å². The molecule has 0 radical (unpaired) electrons. The van der Waals surface area contributed by atoms with Crippen LogP contribution in [0.3, 0.4) is 0 Å². The van der Waals surface area contributed by atoms with Gasteiger partial charge in [-0.15, -0.1) is 0 Å². The number of ketones is 2. The zero-order valence-corrected chi connectivity index (χ0v) is 23.6. The zero-order valence-electron chi connectivity index (χ0n) is 23.6. The number of likely N-dealkylation sites (tertiary alicyclic amines) is 1. The number of carbonyl (C=O) groups excluding carboxylic acids is 3. The number of hydrogen-bond donors (Lipinski definition) is 5. The Kier molecular flexibility index (Phi) is 6.75. The van der Waals surface area contributed by atoms with Gasteiger partial charge < -0.3 is 26.2 Å². The largest absolute Gasteiger partial charge is 0.510 e. The molecule has 0 saturated carbocycles. The normalized spacial score (nSPS) is 27.8. The van der Waals surface area contributed by atoms with Crippen LogP contribution in [0.25, 0.3) is 11.1 Å². The number of benzene rings is 2. The fourth-order valence-electron chi connectivity index (χ4n) is 7.51. The summed E-state index contributed by atoms with van der Waals surface area (Å²) >= 11 is 0. The molecule has 1 fully saturated rings. The van der Waals surface area contributed by atoms with Gasteiger partial charge in [0.2, 0.25) is 5.78 Å². The van der Waals surface area contributed by atoms with E-state index in [1.807, 2.05) is 12.1 Å². The van der Waals surface area contributed by atoms with E-state index < -0.39 is 58.0 Å². The zero-order chi connectivity index (χ0) is 30.1. The Morgan fingerprint density at radius 2 is 1.71 bits per heavy atom. The number of rotatable bonds is 5. The first-order valence-electron chi connectivity index (χ1n) is 14.3. The van der Waals surface area contributed by atoms with E-state index in [1.165, 1.54) is 29.4 Å². The molecule has 2 aromatic rings. The fourth-order valence-corrected chi connectivity index (χ4v) is 7.51. The summed E-state index contributed by atoms with van der Waals surface area (Å²) in [6.07, 6.45) is 2.72. The molecule has 0 bridgehead atoms. The molecule has 0 spiro atoms. The highest BCUT2D eigenvalue weighted by Gasteiger charge is 2.63. The molecule has 4 aliphatic rings. The standard InChI is InChI=1S/C32H35N3O7/c1-34(2)26-21-14-18-13-20-19(17-7-5-16(6-8-17)15-35-11-3-4-12-35)9-10-22(36)24(20)27(37)23(18)29(39)32(21,42)30(40)25(28(26)38)31(33)41/h5-10,18,21,26,36,38-39,42H,3-4,11-15H2,1-2H3,(H2,33,41)/t18-,21-,26?,32-/m1/s1. The number of amides is 1. The van der Waals surface area contributed by atoms with Crippen molar-refractivity contribution in [3.8, 4) is 16.9 Å². The van der Waals surface area contributed by atoms with Crippen LogP contribution in [-0.4, -0.2) is 86.5 Å². The summed E-state index contributed by atoms with van der Waals surface area (Å²) in [6.45, 7) is 3.05. The van der Waals surface area contributed by atoms with Crippen molar-refractivity contribution in [1.82, 2.24) is 9.80 Å². The molecule has 2 aromatic carbocycles. The van der Waals surface area contributed by atoms with Crippen LogP contribution in [0.1, 0.15) is 40.7 Å². The highest BCUT2D eigenvalue weighted by Crippen LogP contribution is 2.53. The van der Waals surface area contributed by atoms with Gasteiger partial charge in [-0.1, -0.05) is 30.3 Å². The van der Waals surface area contributed by atoms with Crippen LogP contribution >= 0.6 is 0 Å². The minimum atomic E-state index is -2.65. The summed E-state index contributed by atoms with van der Waals surface area (Å²) in [5, 5.41) is 45.0. The third-order valence-corrected chi connectivity index (χ3v) is 9.48. The monoisotopic (exact) mass is 573 g/mol. The second kappa shape index (κ2) is 10.1. The number of aliphatic hydroxyl groups excluding tert-OH is 2. The lowest BCUT2D eigenvalue weighted by Crippen LogP contribution is -2.63. The van der Waals surface area contributed by atoms with Gasteiger partial charge >= 0.3 is 0 Å². The molecule has 1 amide bonds. The molecule has 10 nitrogen and oxygen atoms in total. The van der Waals surface area contributed by atoms with Crippen LogP contribution in [-0.2, 0) is 22.6 Å². The minimum Gasteiger partial charge on any atom is -0.510 e. The van der Waals surface area contributed by atoms with E-state index >= 15 is 0 Å². The lowest BCUT2D eigenvalue weighted by Gasteiger charge is -2.50. The number of primary amides is 1. The maximum Gasteiger partial charge on any atom is 0.255 e. The molecule has 4 atom stereocenters. The van der Waals surface area contributed by atoms with Crippen molar-refractivity contribution in [2.75, 3.05) is 27.2 Å². The number of phenolic OH excluding ortho intramolecular Hbond substituents is 1. The quantitative estimate of drug-likeness (QED) is 0.338. The molecule has 1 unspecified atom stereocenters. The summed E-state index contributed by atoms with van der Waals surface area (Å²) in [5.74, 6) is -6.58. The van der Waals surface area contributed by atoms with Gasteiger partial charge in [-0.2, -0.15) is 0 Å². The summed E-state index contributed by atoms with van der Waals surface area (Å²) in [7, 11) is 3.22. The molecule has 6 rings (SSSR count). The number of fused-ring (bicyclic) bond motifs is 3. The second-order valence-electron chi connectivity index (χ2n) is 12.1. The van der Waals surface area contributed by atoms with E-state index in [9.17, 15) is 34.8 Å². The van der Waals surface area contributed by atoms with Crippen molar-refractivity contribution in [2.24, 2.45) is 17.6 Å². The van der Waals surface area contributed by atoms with Crippen molar-refractivity contribution in [2.45, 2.75) is 43.9 Å². The maximum absolute atomic E-state index is 14.0. The maximum atomic E-state index is 14.0. The van der Waals surface area contributed by atoms with Crippen LogP contribution < -0.4 is 5.73 Å². The molecule has 3 aliphatic carbocycles. The number of hydrogen-bond acceptors (Lipinski definition) is 9. The van der Waals surface area contributed by atoms with Gasteiger partial charge in [0, 0.05) is 18.0 Å². The Bertz CT molecular complexity index is 1570. The third kappa shape index (κ3) is 4.08. The number of likely N-dealkylation sites (N-methyl/N-ethyl adjacent to an activating group) is 1. The molecule has 1 aliphatic heterocycles. The first-order valence-corrected chi connectivity index (χ1v) is 14.3.